The molecular weight excluding hydrogens is 622 g/mol. The molecular formula is C36H44ClN3O5S. The number of nitrogens with zero attached hydrogens (tertiary/aromatic N) is 1. The molecule has 2 heterocycles. The molecule has 0 unspecified atom stereocenters. The maximum Gasteiger partial charge on any atom is 0.264 e. The van der Waals surface area contributed by atoms with Crippen molar-refractivity contribution < 1.29 is 22.7 Å². The Balaban J connectivity index is 1.33. The predicted molar refractivity (Wildman–Crippen MR) is 184 cm³/mol. The van der Waals surface area contributed by atoms with Crippen LogP contribution in [0.25, 0.3) is 0 Å². The molecule has 1 fully saturated rings. The second-order valence-electron chi connectivity index (χ2n) is 12.9. The molecule has 2 N–H and O–H groups in total. The number of nitrogens with one attached hydrogen (secondary N) is 2. The maximum atomic E-state index is 13.2. The van der Waals surface area contributed by atoms with E-state index < -0.39 is 15.9 Å². The first-order valence-corrected chi connectivity index (χ1v) is 18.6. The first-order valence-electron chi connectivity index (χ1n) is 16.5. The zero-order valence-corrected chi connectivity index (χ0v) is 28.0. The van der Waals surface area contributed by atoms with Crippen molar-refractivity contribution in [2.45, 2.75) is 70.4 Å². The minimum absolute atomic E-state index is 0.0784. The molecule has 10 heteroatoms. The lowest BCUT2D eigenvalue weighted by Gasteiger charge is -2.45. The largest absolute Gasteiger partial charge is 0.497 e. The number of carbonyl (C=O) groups is 1. The summed E-state index contributed by atoms with van der Waals surface area (Å²) in [6.45, 7) is 2.02. The van der Waals surface area contributed by atoms with Gasteiger partial charge in [-0.25, -0.2) is 13.1 Å². The number of hydrogen-bond donors (Lipinski definition) is 2. The average molecular weight is 666 g/mol. The molecule has 0 radical (unpaired) electrons. The Morgan fingerprint density at radius 2 is 1.78 bits per heavy atom. The normalized spacial score (nSPS) is 23.7. The fourth-order valence-corrected chi connectivity index (χ4v) is 8.37. The van der Waals surface area contributed by atoms with Gasteiger partial charge in [-0.1, -0.05) is 30.5 Å². The van der Waals surface area contributed by atoms with Gasteiger partial charge in [0.05, 0.1) is 18.6 Å². The topological polar surface area (TPSA) is 97.0 Å². The van der Waals surface area contributed by atoms with Crippen molar-refractivity contribution in [3.8, 4) is 11.5 Å². The van der Waals surface area contributed by atoms with E-state index in [0.717, 1.165) is 92.2 Å². The molecule has 3 atom stereocenters. The first kappa shape index (κ1) is 32.5. The van der Waals surface area contributed by atoms with Gasteiger partial charge in [0.25, 0.3) is 5.91 Å². The van der Waals surface area contributed by atoms with Gasteiger partial charge in [-0.3, -0.25) is 4.79 Å². The Morgan fingerprint density at radius 1 is 0.935 bits per heavy atom. The Morgan fingerprint density at radius 3 is 2.57 bits per heavy atom. The van der Waals surface area contributed by atoms with Crippen molar-refractivity contribution in [1.82, 2.24) is 4.72 Å². The number of benzene rings is 3. The molecule has 2 bridgehead atoms. The molecule has 3 aliphatic rings. The third-order valence-electron chi connectivity index (χ3n) is 9.80. The van der Waals surface area contributed by atoms with Gasteiger partial charge < -0.3 is 19.7 Å². The second-order valence-corrected chi connectivity index (χ2v) is 15.1. The van der Waals surface area contributed by atoms with Gasteiger partial charge in [-0.2, -0.15) is 0 Å². The Bertz CT molecular complexity index is 1630. The third-order valence-corrected chi connectivity index (χ3v) is 11.4. The van der Waals surface area contributed by atoms with E-state index in [-0.39, 0.29) is 11.8 Å². The van der Waals surface area contributed by atoms with E-state index in [1.807, 2.05) is 42.5 Å². The van der Waals surface area contributed by atoms with E-state index in [2.05, 4.69) is 27.1 Å². The summed E-state index contributed by atoms with van der Waals surface area (Å²) in [7, 11) is -2.10. The van der Waals surface area contributed by atoms with Crippen LogP contribution in [0.4, 0.5) is 11.4 Å². The van der Waals surface area contributed by atoms with Crippen LogP contribution in [-0.4, -0.2) is 46.3 Å². The number of amides is 1. The number of ether oxygens (including phenoxy) is 2. The van der Waals surface area contributed by atoms with Crippen molar-refractivity contribution in [2.24, 2.45) is 11.8 Å². The zero-order valence-electron chi connectivity index (χ0n) is 26.5. The molecule has 246 valence electrons. The van der Waals surface area contributed by atoms with Crippen molar-refractivity contribution in [3.63, 3.8) is 0 Å². The van der Waals surface area contributed by atoms with E-state index in [1.165, 1.54) is 5.56 Å². The number of rotatable bonds is 3. The summed E-state index contributed by atoms with van der Waals surface area (Å²) < 4.78 is 39.9. The van der Waals surface area contributed by atoms with Crippen LogP contribution in [0.3, 0.4) is 0 Å². The summed E-state index contributed by atoms with van der Waals surface area (Å²) in [4.78, 5) is 15.6. The van der Waals surface area contributed by atoms with Crippen molar-refractivity contribution in [3.05, 3.63) is 82.4 Å². The third kappa shape index (κ3) is 7.92. The molecule has 1 saturated carbocycles. The van der Waals surface area contributed by atoms with Gasteiger partial charge >= 0.3 is 0 Å². The first-order chi connectivity index (χ1) is 22.3. The number of hydrogen-bond acceptors (Lipinski definition) is 7. The average Bonchev–Trinajstić information content (AvgIpc) is 3.05. The molecule has 3 aromatic rings. The van der Waals surface area contributed by atoms with E-state index in [4.69, 9.17) is 21.1 Å². The molecule has 8 nitrogen and oxygen atoms in total. The van der Waals surface area contributed by atoms with Gasteiger partial charge in [0, 0.05) is 35.4 Å². The Kier molecular flexibility index (Phi) is 10.3. The minimum Gasteiger partial charge on any atom is -0.497 e. The summed E-state index contributed by atoms with van der Waals surface area (Å²) in [5.41, 5.74) is 4.50. The lowest BCUT2D eigenvalue weighted by atomic mass is 9.68. The standard InChI is InChI=1S/C36H44ClN3O5S/c1-44-31-15-13-30(14-16-31)38-33-8-3-2-6-20-46(42,43)39-36(41)26-11-18-35-34(22-26)40(23-27-10-17-32(27)33)19-5-4-7-25-21-29(37)12-9-28(25)24-45-35/h9,11-16,18,21-22,27,32-33,38H,2-8,10,17,19-20,23-24H2,1H3,(H,39,41)/t27-,32+,33-/m0/s1. The number of anilines is 2. The van der Waals surface area contributed by atoms with E-state index >= 15 is 0 Å². The van der Waals surface area contributed by atoms with Crippen LogP contribution in [0.15, 0.2) is 60.7 Å². The summed E-state index contributed by atoms with van der Waals surface area (Å²) >= 11 is 6.35. The highest BCUT2D eigenvalue weighted by Crippen LogP contribution is 2.42. The molecule has 3 aromatic carbocycles. The molecule has 6 rings (SSSR count). The summed E-state index contributed by atoms with van der Waals surface area (Å²) in [6.07, 6.45) is 8.29. The summed E-state index contributed by atoms with van der Waals surface area (Å²) in [5.74, 6) is 1.77. The van der Waals surface area contributed by atoms with Crippen LogP contribution >= 0.6 is 11.6 Å². The molecule has 1 amide bonds. The van der Waals surface area contributed by atoms with Crippen LogP contribution in [0.2, 0.25) is 5.02 Å². The molecule has 1 aliphatic carbocycles. The monoisotopic (exact) mass is 665 g/mol. The lowest BCUT2D eigenvalue weighted by molar-refractivity contribution is 0.0981. The fourth-order valence-electron chi connectivity index (χ4n) is 7.09. The van der Waals surface area contributed by atoms with Crippen LogP contribution < -0.4 is 24.4 Å². The fraction of sp³-hybridized carbons (Fsp3) is 0.472. The van der Waals surface area contributed by atoms with Crippen molar-refractivity contribution in [2.75, 3.05) is 36.2 Å². The SMILES string of the molecule is COc1ccc(N[C@H]2CCCCCS(=O)(=O)NC(=O)c3ccc4c(c3)N(CCCCc3cc(Cl)ccc3CO4)C[C@@H]3CC[C@H]32)cc1. The van der Waals surface area contributed by atoms with Crippen LogP contribution in [0, 0.1) is 11.8 Å². The highest BCUT2D eigenvalue weighted by Gasteiger charge is 2.38. The van der Waals surface area contributed by atoms with Crippen LogP contribution in [0.1, 0.15) is 72.9 Å². The van der Waals surface area contributed by atoms with Crippen LogP contribution in [0.5, 0.6) is 11.5 Å². The molecule has 46 heavy (non-hydrogen) atoms. The molecule has 0 aromatic heterocycles. The van der Waals surface area contributed by atoms with Crippen molar-refractivity contribution in [1.29, 1.82) is 0 Å². The van der Waals surface area contributed by atoms with Gasteiger partial charge in [0.15, 0.2) is 0 Å². The zero-order chi connectivity index (χ0) is 32.1. The predicted octanol–water partition coefficient (Wildman–Crippen LogP) is 7.21. The number of methoxy groups -OCH3 is 1. The number of sulfonamides is 1. The number of aryl methyl sites for hydroxylation is 1. The van der Waals surface area contributed by atoms with E-state index in [0.29, 0.717) is 36.2 Å². The van der Waals surface area contributed by atoms with Gasteiger partial charge in [0.1, 0.15) is 18.1 Å². The van der Waals surface area contributed by atoms with Crippen molar-refractivity contribution >= 4 is 38.9 Å². The van der Waals surface area contributed by atoms with Gasteiger partial charge in [-0.05, 0) is 123 Å². The lowest BCUT2D eigenvalue weighted by Crippen LogP contribution is -2.46. The highest BCUT2D eigenvalue weighted by molar-refractivity contribution is 7.90. The van der Waals surface area contributed by atoms with E-state index in [1.54, 1.807) is 13.2 Å². The minimum atomic E-state index is -3.77. The molecule has 0 saturated heterocycles. The Labute approximate surface area is 277 Å². The number of fused-ring (bicyclic) bond motifs is 3. The summed E-state index contributed by atoms with van der Waals surface area (Å²) in [6, 6.07) is 19.6. The smallest absolute Gasteiger partial charge is 0.264 e. The van der Waals surface area contributed by atoms with Crippen LogP contribution in [-0.2, 0) is 23.1 Å². The highest BCUT2D eigenvalue weighted by atomic mass is 35.5. The molecule has 2 aliphatic heterocycles. The number of carbonyl (C=O) groups excluding carboxylic acids is 1. The van der Waals surface area contributed by atoms with E-state index in [9.17, 15) is 13.2 Å². The molecule has 0 spiro atoms. The van der Waals surface area contributed by atoms with Gasteiger partial charge in [0.2, 0.25) is 10.0 Å². The maximum absolute atomic E-state index is 13.2. The van der Waals surface area contributed by atoms with Gasteiger partial charge in [-0.15, -0.1) is 0 Å². The quantitative estimate of drug-likeness (QED) is 0.305. The number of halogens is 1. The summed E-state index contributed by atoms with van der Waals surface area (Å²) in [5, 5.41) is 4.55. The Hall–Kier alpha value is -3.43. The second kappa shape index (κ2) is 14.6.